The molecule has 0 fully saturated rings. The van der Waals surface area contributed by atoms with E-state index in [2.05, 4.69) is 5.32 Å². The molecule has 1 aromatic carbocycles. The van der Waals surface area contributed by atoms with Crippen LogP contribution in [0.1, 0.15) is 32.4 Å². The Hall–Kier alpha value is -1.49. The van der Waals surface area contributed by atoms with E-state index in [1.807, 2.05) is 13.8 Å². The number of carbonyl (C=O) groups excluding carboxylic acids is 1. The highest BCUT2D eigenvalue weighted by molar-refractivity contribution is 5.76. The van der Waals surface area contributed by atoms with Crippen molar-refractivity contribution >= 4 is 5.97 Å². The van der Waals surface area contributed by atoms with Gasteiger partial charge in [-0.25, -0.2) is 8.78 Å². The van der Waals surface area contributed by atoms with Crippen molar-refractivity contribution in [1.82, 2.24) is 5.32 Å². The molecule has 0 radical (unpaired) electrons. The molecule has 0 aliphatic heterocycles. The van der Waals surface area contributed by atoms with Crippen molar-refractivity contribution in [1.29, 1.82) is 0 Å². The average Bonchev–Trinajstić information content (AvgIpc) is 2.37. The maximum atomic E-state index is 13.2. The summed E-state index contributed by atoms with van der Waals surface area (Å²) in [6.07, 6.45) is 0. The smallest absolute Gasteiger partial charge is 0.323 e. The fourth-order valence-corrected chi connectivity index (χ4v) is 1.81. The van der Waals surface area contributed by atoms with Crippen LogP contribution in [-0.2, 0) is 9.53 Å². The first kappa shape index (κ1) is 15.6. The van der Waals surface area contributed by atoms with E-state index in [4.69, 9.17) is 4.74 Å². The molecule has 0 aromatic heterocycles. The van der Waals surface area contributed by atoms with Crippen molar-refractivity contribution in [2.75, 3.05) is 7.11 Å². The monoisotopic (exact) mass is 271 g/mol. The summed E-state index contributed by atoms with van der Waals surface area (Å²) in [5.74, 6) is -2.13. The zero-order valence-corrected chi connectivity index (χ0v) is 11.5. The van der Waals surface area contributed by atoms with E-state index in [1.165, 1.54) is 13.2 Å². The predicted octanol–water partition coefficient (Wildman–Crippen LogP) is 2.81. The van der Waals surface area contributed by atoms with Gasteiger partial charge in [0.15, 0.2) is 11.6 Å². The van der Waals surface area contributed by atoms with Crippen molar-refractivity contribution in [3.63, 3.8) is 0 Å². The van der Waals surface area contributed by atoms with Gasteiger partial charge in [0.1, 0.15) is 6.04 Å². The Kier molecular flexibility index (Phi) is 5.42. The third-order valence-corrected chi connectivity index (χ3v) is 3.00. The molecule has 1 rings (SSSR count). The van der Waals surface area contributed by atoms with Crippen LogP contribution in [0.3, 0.4) is 0 Å². The summed E-state index contributed by atoms with van der Waals surface area (Å²) in [4.78, 5) is 11.6. The van der Waals surface area contributed by atoms with Gasteiger partial charge in [0.2, 0.25) is 0 Å². The first-order valence-corrected chi connectivity index (χ1v) is 6.15. The number of hydrogen-bond donors (Lipinski definition) is 1. The predicted molar refractivity (Wildman–Crippen MR) is 68.6 cm³/mol. The van der Waals surface area contributed by atoms with Crippen LogP contribution >= 0.6 is 0 Å². The number of methoxy groups -OCH3 is 1. The summed E-state index contributed by atoms with van der Waals surface area (Å²) in [5.41, 5.74) is 0.577. The van der Waals surface area contributed by atoms with E-state index in [0.717, 1.165) is 12.1 Å². The maximum Gasteiger partial charge on any atom is 0.323 e. The SMILES string of the molecule is COC(=O)C(NC(C)c1ccc(F)c(F)c1)C(C)C. The van der Waals surface area contributed by atoms with Crippen LogP contribution in [0.25, 0.3) is 0 Å². The second kappa shape index (κ2) is 6.61. The van der Waals surface area contributed by atoms with Crippen LogP contribution in [0.15, 0.2) is 18.2 Å². The number of rotatable bonds is 5. The van der Waals surface area contributed by atoms with E-state index < -0.39 is 17.7 Å². The quantitative estimate of drug-likeness (QED) is 0.837. The molecular formula is C14H19F2NO2. The van der Waals surface area contributed by atoms with Gasteiger partial charge in [-0.1, -0.05) is 19.9 Å². The van der Waals surface area contributed by atoms with Crippen LogP contribution in [0, 0.1) is 17.6 Å². The molecule has 0 saturated carbocycles. The number of ether oxygens (including phenoxy) is 1. The van der Waals surface area contributed by atoms with Crippen molar-refractivity contribution in [2.45, 2.75) is 32.9 Å². The minimum Gasteiger partial charge on any atom is -0.468 e. The maximum absolute atomic E-state index is 13.2. The number of benzene rings is 1. The van der Waals surface area contributed by atoms with Crippen molar-refractivity contribution in [3.05, 3.63) is 35.4 Å². The van der Waals surface area contributed by atoms with E-state index in [9.17, 15) is 13.6 Å². The molecule has 0 bridgehead atoms. The fraction of sp³-hybridized carbons (Fsp3) is 0.500. The summed E-state index contributed by atoms with van der Waals surface area (Å²) >= 11 is 0. The van der Waals surface area contributed by atoms with Gasteiger partial charge < -0.3 is 4.74 Å². The molecule has 1 N–H and O–H groups in total. The molecule has 2 atom stereocenters. The Morgan fingerprint density at radius 2 is 1.84 bits per heavy atom. The third-order valence-electron chi connectivity index (χ3n) is 3.00. The van der Waals surface area contributed by atoms with Crippen LogP contribution < -0.4 is 5.32 Å². The Morgan fingerprint density at radius 1 is 1.21 bits per heavy atom. The third kappa shape index (κ3) is 3.99. The zero-order valence-electron chi connectivity index (χ0n) is 11.5. The second-order valence-corrected chi connectivity index (χ2v) is 4.81. The van der Waals surface area contributed by atoms with E-state index in [0.29, 0.717) is 5.56 Å². The summed E-state index contributed by atoms with van der Waals surface area (Å²) < 4.78 is 30.7. The van der Waals surface area contributed by atoms with E-state index >= 15 is 0 Å². The van der Waals surface area contributed by atoms with Crippen LogP contribution in [-0.4, -0.2) is 19.1 Å². The molecule has 19 heavy (non-hydrogen) atoms. The van der Waals surface area contributed by atoms with Gasteiger partial charge in [-0.2, -0.15) is 0 Å². The lowest BCUT2D eigenvalue weighted by atomic mass is 10.0. The van der Waals surface area contributed by atoms with E-state index in [-0.39, 0.29) is 17.9 Å². The van der Waals surface area contributed by atoms with Gasteiger partial charge in [-0.15, -0.1) is 0 Å². The Morgan fingerprint density at radius 3 is 2.32 bits per heavy atom. The largest absolute Gasteiger partial charge is 0.468 e. The van der Waals surface area contributed by atoms with Crippen LogP contribution in [0.2, 0.25) is 0 Å². The molecule has 5 heteroatoms. The molecule has 2 unspecified atom stereocenters. The van der Waals surface area contributed by atoms with Crippen molar-refractivity contribution in [2.24, 2.45) is 5.92 Å². The fourth-order valence-electron chi connectivity index (χ4n) is 1.81. The summed E-state index contributed by atoms with van der Waals surface area (Å²) in [7, 11) is 1.32. The lowest BCUT2D eigenvalue weighted by Gasteiger charge is -2.24. The summed E-state index contributed by atoms with van der Waals surface area (Å²) in [6, 6.07) is 2.91. The minimum atomic E-state index is -0.898. The lowest BCUT2D eigenvalue weighted by molar-refractivity contribution is -0.144. The highest BCUT2D eigenvalue weighted by Crippen LogP contribution is 2.18. The van der Waals surface area contributed by atoms with Crippen molar-refractivity contribution < 1.29 is 18.3 Å². The molecule has 0 spiro atoms. The number of carbonyl (C=O) groups is 1. The molecule has 0 aliphatic carbocycles. The molecule has 0 amide bonds. The zero-order chi connectivity index (χ0) is 14.6. The number of esters is 1. The number of halogens is 2. The number of hydrogen-bond acceptors (Lipinski definition) is 3. The van der Waals surface area contributed by atoms with Gasteiger partial charge >= 0.3 is 5.97 Å². The normalized spacial score (nSPS) is 14.3. The molecule has 0 aliphatic rings. The average molecular weight is 271 g/mol. The van der Waals surface area contributed by atoms with Crippen molar-refractivity contribution in [3.8, 4) is 0 Å². The van der Waals surface area contributed by atoms with Crippen LogP contribution in [0.4, 0.5) is 8.78 Å². The van der Waals surface area contributed by atoms with Gasteiger partial charge in [-0.05, 0) is 30.5 Å². The highest BCUT2D eigenvalue weighted by Gasteiger charge is 2.25. The van der Waals surface area contributed by atoms with Gasteiger partial charge in [0, 0.05) is 6.04 Å². The van der Waals surface area contributed by atoms with Gasteiger partial charge in [0.25, 0.3) is 0 Å². The molecule has 0 heterocycles. The lowest BCUT2D eigenvalue weighted by Crippen LogP contribution is -2.43. The highest BCUT2D eigenvalue weighted by atomic mass is 19.2. The second-order valence-electron chi connectivity index (χ2n) is 4.81. The minimum absolute atomic E-state index is 0.0280. The summed E-state index contributed by atoms with van der Waals surface area (Å²) in [5, 5.41) is 3.07. The first-order chi connectivity index (χ1) is 8.86. The number of nitrogens with one attached hydrogen (secondary N) is 1. The molecular weight excluding hydrogens is 252 g/mol. The Balaban J connectivity index is 2.84. The molecule has 1 aromatic rings. The Bertz CT molecular complexity index is 449. The molecule has 106 valence electrons. The molecule has 0 saturated heterocycles. The topological polar surface area (TPSA) is 38.3 Å². The summed E-state index contributed by atoms with van der Waals surface area (Å²) in [6.45, 7) is 5.55. The van der Waals surface area contributed by atoms with Gasteiger partial charge in [0.05, 0.1) is 7.11 Å². The van der Waals surface area contributed by atoms with Crippen LogP contribution in [0.5, 0.6) is 0 Å². The standard InChI is InChI=1S/C14H19F2NO2/c1-8(2)13(14(18)19-4)17-9(3)10-5-6-11(15)12(16)7-10/h5-9,13,17H,1-4H3. The Labute approximate surface area is 112 Å². The first-order valence-electron chi connectivity index (χ1n) is 6.15. The van der Waals surface area contributed by atoms with Gasteiger partial charge in [-0.3, -0.25) is 10.1 Å². The molecule has 3 nitrogen and oxygen atoms in total. The van der Waals surface area contributed by atoms with E-state index in [1.54, 1.807) is 6.92 Å².